The summed E-state index contributed by atoms with van der Waals surface area (Å²) in [7, 11) is 0. The second kappa shape index (κ2) is 16.8. The van der Waals surface area contributed by atoms with E-state index in [1.54, 1.807) is 0 Å². The van der Waals surface area contributed by atoms with Gasteiger partial charge in [0, 0.05) is 0 Å². The van der Waals surface area contributed by atoms with E-state index in [2.05, 4.69) is 75.5 Å². The van der Waals surface area contributed by atoms with E-state index in [4.69, 9.17) is 0 Å². The minimum absolute atomic E-state index is 1.06. The maximum atomic E-state index is 2.33. The van der Waals surface area contributed by atoms with Gasteiger partial charge in [-0.1, -0.05) is 80.5 Å². The molecule has 0 saturated carbocycles. The Morgan fingerprint density at radius 2 is 1.29 bits per heavy atom. The van der Waals surface area contributed by atoms with E-state index in [0.717, 1.165) is 32.1 Å². The van der Waals surface area contributed by atoms with Gasteiger partial charge in [0.25, 0.3) is 0 Å². The van der Waals surface area contributed by atoms with Gasteiger partial charge in [-0.25, -0.2) is 0 Å². The van der Waals surface area contributed by atoms with Crippen LogP contribution in [0.3, 0.4) is 0 Å². The van der Waals surface area contributed by atoms with Gasteiger partial charge in [0.1, 0.15) is 0 Å². The predicted octanol–water partition coefficient (Wildman–Crippen LogP) is 7.32. The molecule has 21 heavy (non-hydrogen) atoms. The standard InChI is InChI=1S/C21H34/c1-4-6-8-10-11-12-13-14-15-16-18-20-21(3)19-17-9-7-5-2/h6,8-9,12-13,15-17,20H,4-5,7,10-11,14,18-19H2,1-3H3. The van der Waals surface area contributed by atoms with Crippen molar-refractivity contribution in [2.75, 3.05) is 0 Å². The van der Waals surface area contributed by atoms with Crippen molar-refractivity contribution >= 4 is 0 Å². The van der Waals surface area contributed by atoms with Crippen LogP contribution >= 0.6 is 0 Å². The first kappa shape index (κ1) is 19.7. The van der Waals surface area contributed by atoms with Crippen LogP contribution in [0.15, 0.2) is 60.3 Å². The third kappa shape index (κ3) is 16.6. The fourth-order valence-corrected chi connectivity index (χ4v) is 1.87. The summed E-state index contributed by atoms with van der Waals surface area (Å²) in [6, 6.07) is 0. The lowest BCUT2D eigenvalue weighted by Crippen LogP contribution is -1.73. The Balaban J connectivity index is 3.62. The first-order valence-corrected chi connectivity index (χ1v) is 8.56. The highest BCUT2D eigenvalue weighted by molar-refractivity contribution is 5.07. The molecule has 118 valence electrons. The first-order chi connectivity index (χ1) is 10.3. The molecule has 0 N–H and O–H groups in total. The molecule has 0 aliphatic rings. The minimum atomic E-state index is 1.06. The lowest BCUT2D eigenvalue weighted by molar-refractivity contribution is 0.952. The summed E-state index contributed by atoms with van der Waals surface area (Å²) in [5.74, 6) is 0. The molecule has 0 aliphatic carbocycles. The zero-order chi connectivity index (χ0) is 15.6. The summed E-state index contributed by atoms with van der Waals surface area (Å²) in [5.41, 5.74) is 1.46. The molecule has 0 aliphatic heterocycles. The monoisotopic (exact) mass is 286 g/mol. The lowest BCUT2D eigenvalue weighted by Gasteiger charge is -1.94. The fourth-order valence-electron chi connectivity index (χ4n) is 1.87. The third-order valence-electron chi connectivity index (χ3n) is 3.17. The van der Waals surface area contributed by atoms with E-state index < -0.39 is 0 Å². The van der Waals surface area contributed by atoms with Gasteiger partial charge < -0.3 is 0 Å². The van der Waals surface area contributed by atoms with Crippen molar-refractivity contribution in [3.05, 3.63) is 60.3 Å². The van der Waals surface area contributed by atoms with Gasteiger partial charge in [-0.05, 0) is 51.9 Å². The largest absolute Gasteiger partial charge is 0.0888 e. The Hall–Kier alpha value is -1.30. The Kier molecular flexibility index (Phi) is 15.7. The maximum absolute atomic E-state index is 2.33. The van der Waals surface area contributed by atoms with Crippen LogP contribution < -0.4 is 0 Å². The molecule has 0 unspecified atom stereocenters. The summed E-state index contributed by atoms with van der Waals surface area (Å²) in [5, 5.41) is 0. The second-order valence-corrected chi connectivity index (χ2v) is 5.39. The van der Waals surface area contributed by atoms with Crippen molar-refractivity contribution in [1.82, 2.24) is 0 Å². The van der Waals surface area contributed by atoms with E-state index >= 15 is 0 Å². The van der Waals surface area contributed by atoms with E-state index in [0.29, 0.717) is 0 Å². The third-order valence-corrected chi connectivity index (χ3v) is 3.17. The smallest absolute Gasteiger partial charge is 0.0141 e. The molecule has 0 spiro atoms. The van der Waals surface area contributed by atoms with Gasteiger partial charge in [0.15, 0.2) is 0 Å². The highest BCUT2D eigenvalue weighted by Crippen LogP contribution is 2.04. The molecule has 0 atom stereocenters. The van der Waals surface area contributed by atoms with E-state index in [1.165, 1.54) is 24.8 Å². The summed E-state index contributed by atoms with van der Waals surface area (Å²) in [4.78, 5) is 0. The van der Waals surface area contributed by atoms with Gasteiger partial charge in [0.05, 0.1) is 0 Å². The quantitative estimate of drug-likeness (QED) is 0.260. The van der Waals surface area contributed by atoms with Gasteiger partial charge >= 0.3 is 0 Å². The molecule has 0 saturated heterocycles. The van der Waals surface area contributed by atoms with Gasteiger partial charge in [0.2, 0.25) is 0 Å². The molecule has 0 heteroatoms. The molecular weight excluding hydrogens is 252 g/mol. The van der Waals surface area contributed by atoms with Crippen molar-refractivity contribution in [3.8, 4) is 0 Å². The first-order valence-electron chi connectivity index (χ1n) is 8.56. The molecule has 0 heterocycles. The summed E-state index contributed by atoms with van der Waals surface area (Å²) in [6.45, 7) is 6.61. The van der Waals surface area contributed by atoms with Crippen LogP contribution in [0.1, 0.15) is 72.1 Å². The number of rotatable bonds is 12. The number of unbranched alkanes of at least 4 members (excludes halogenated alkanes) is 2. The maximum Gasteiger partial charge on any atom is -0.0141 e. The summed E-state index contributed by atoms with van der Waals surface area (Å²) >= 11 is 0. The molecule has 0 rings (SSSR count). The van der Waals surface area contributed by atoms with Crippen LogP contribution in [0.4, 0.5) is 0 Å². The van der Waals surface area contributed by atoms with Gasteiger partial charge in [-0.2, -0.15) is 0 Å². The number of hydrogen-bond acceptors (Lipinski definition) is 0. The van der Waals surface area contributed by atoms with E-state index in [-0.39, 0.29) is 0 Å². The molecule has 0 aromatic heterocycles. The van der Waals surface area contributed by atoms with Crippen LogP contribution in [-0.4, -0.2) is 0 Å². The van der Waals surface area contributed by atoms with Gasteiger partial charge in [-0.15, -0.1) is 0 Å². The van der Waals surface area contributed by atoms with E-state index in [9.17, 15) is 0 Å². The normalized spacial score (nSPS) is 13.6. The Bertz CT molecular complexity index is 350. The zero-order valence-electron chi connectivity index (χ0n) is 14.4. The Labute approximate surface area is 133 Å². The zero-order valence-corrected chi connectivity index (χ0v) is 14.4. The molecule has 0 bridgehead atoms. The molecule has 0 radical (unpaired) electrons. The van der Waals surface area contributed by atoms with Crippen LogP contribution in [0.25, 0.3) is 0 Å². The van der Waals surface area contributed by atoms with Crippen LogP contribution in [0.2, 0.25) is 0 Å². The number of allylic oxidation sites excluding steroid dienone is 10. The highest BCUT2D eigenvalue weighted by Gasteiger charge is 1.84. The summed E-state index contributed by atoms with van der Waals surface area (Å²) < 4.78 is 0. The average molecular weight is 287 g/mol. The van der Waals surface area contributed by atoms with Crippen molar-refractivity contribution in [2.45, 2.75) is 72.1 Å². The van der Waals surface area contributed by atoms with Crippen molar-refractivity contribution in [2.24, 2.45) is 0 Å². The molecule has 0 amide bonds. The SMILES string of the molecule is CCC=CCCC=CCC=CCC=C(C)CC=CCCC. The van der Waals surface area contributed by atoms with Gasteiger partial charge in [-0.3, -0.25) is 0 Å². The van der Waals surface area contributed by atoms with Crippen molar-refractivity contribution < 1.29 is 0 Å². The fraction of sp³-hybridized carbons (Fsp3) is 0.524. The Morgan fingerprint density at radius 1 is 0.667 bits per heavy atom. The lowest BCUT2D eigenvalue weighted by atomic mass is 10.1. The predicted molar refractivity (Wildman–Crippen MR) is 98.6 cm³/mol. The second-order valence-electron chi connectivity index (χ2n) is 5.39. The number of hydrogen-bond donors (Lipinski definition) is 0. The highest BCUT2D eigenvalue weighted by atomic mass is 13.9. The van der Waals surface area contributed by atoms with Crippen molar-refractivity contribution in [3.63, 3.8) is 0 Å². The van der Waals surface area contributed by atoms with Crippen LogP contribution in [0, 0.1) is 0 Å². The topological polar surface area (TPSA) is 0 Å². The molecule has 0 nitrogen and oxygen atoms in total. The van der Waals surface area contributed by atoms with Crippen molar-refractivity contribution in [1.29, 1.82) is 0 Å². The Morgan fingerprint density at radius 3 is 2.00 bits per heavy atom. The molecule has 0 aromatic rings. The minimum Gasteiger partial charge on any atom is -0.0888 e. The van der Waals surface area contributed by atoms with Crippen LogP contribution in [0.5, 0.6) is 0 Å². The van der Waals surface area contributed by atoms with Crippen LogP contribution in [-0.2, 0) is 0 Å². The average Bonchev–Trinajstić information content (AvgIpc) is 2.49. The molecular formula is C21H34. The molecule has 0 fully saturated rings. The van der Waals surface area contributed by atoms with E-state index in [1.807, 2.05) is 0 Å². The summed E-state index contributed by atoms with van der Waals surface area (Å²) in [6.07, 6.45) is 29.6. The molecule has 0 aromatic carbocycles.